The maximum atomic E-state index is 12.6. The highest BCUT2D eigenvalue weighted by atomic mass is 32.2. The van der Waals surface area contributed by atoms with Crippen molar-refractivity contribution in [2.24, 2.45) is 0 Å². The van der Waals surface area contributed by atoms with Crippen LogP contribution in [-0.2, 0) is 4.79 Å². The number of amides is 1. The molecule has 1 amide bonds. The van der Waals surface area contributed by atoms with Crippen molar-refractivity contribution in [1.29, 1.82) is 0 Å². The van der Waals surface area contributed by atoms with Gasteiger partial charge in [-0.2, -0.15) is 11.8 Å². The number of hydrogen-bond donors (Lipinski definition) is 0. The van der Waals surface area contributed by atoms with Gasteiger partial charge in [0, 0.05) is 29.0 Å². The summed E-state index contributed by atoms with van der Waals surface area (Å²) in [5.41, 5.74) is 0. The topological polar surface area (TPSA) is 29.5 Å². The Morgan fingerprint density at radius 1 is 1.22 bits per heavy atom. The molecule has 2 unspecified atom stereocenters. The number of hydrogen-bond acceptors (Lipinski definition) is 4. The average Bonchev–Trinajstić information content (AvgIpc) is 3.00. The van der Waals surface area contributed by atoms with E-state index in [2.05, 4.69) is 17.5 Å². The first-order chi connectivity index (χ1) is 11.2. The van der Waals surface area contributed by atoms with Gasteiger partial charge in [0.1, 0.15) is 5.75 Å². The zero-order chi connectivity index (χ0) is 16.1. The fourth-order valence-corrected chi connectivity index (χ4v) is 4.94. The maximum Gasteiger partial charge on any atom is 0.263 e. The standard InChI is InChI=1S/C18H21NO2S2/c1-14(21-15-6-3-2-4-7-15)18(20)19-10-9-17(23-13-11-19)16-8-5-12-22-16/h2-8,12,14,17H,9-11,13H2,1H3. The predicted octanol–water partition coefficient (Wildman–Crippen LogP) is 4.22. The summed E-state index contributed by atoms with van der Waals surface area (Å²) in [6, 6.07) is 13.8. The summed E-state index contributed by atoms with van der Waals surface area (Å²) in [5, 5.41) is 2.64. The molecule has 0 bridgehead atoms. The number of benzene rings is 1. The van der Waals surface area contributed by atoms with Crippen molar-refractivity contribution in [2.75, 3.05) is 18.8 Å². The maximum absolute atomic E-state index is 12.6. The van der Waals surface area contributed by atoms with Crippen molar-refractivity contribution >= 4 is 29.0 Å². The number of para-hydroxylation sites is 1. The van der Waals surface area contributed by atoms with Crippen LogP contribution in [0.4, 0.5) is 0 Å². The Balaban J connectivity index is 1.57. The van der Waals surface area contributed by atoms with E-state index < -0.39 is 6.10 Å². The van der Waals surface area contributed by atoms with Gasteiger partial charge in [0.05, 0.1) is 0 Å². The molecule has 122 valence electrons. The number of nitrogens with zero attached hydrogens (tertiary/aromatic N) is 1. The first-order valence-corrected chi connectivity index (χ1v) is 9.82. The van der Waals surface area contributed by atoms with E-state index in [1.54, 1.807) is 0 Å². The molecule has 3 rings (SSSR count). The molecule has 1 aliphatic rings. The van der Waals surface area contributed by atoms with Crippen molar-refractivity contribution in [2.45, 2.75) is 24.7 Å². The number of carbonyl (C=O) groups excluding carboxylic acids is 1. The molecule has 23 heavy (non-hydrogen) atoms. The first-order valence-electron chi connectivity index (χ1n) is 7.89. The number of thiophene rings is 1. The molecular weight excluding hydrogens is 326 g/mol. The molecule has 2 atom stereocenters. The molecular formula is C18H21NO2S2. The second-order valence-corrected chi connectivity index (χ2v) is 7.85. The lowest BCUT2D eigenvalue weighted by atomic mass is 10.2. The Morgan fingerprint density at radius 3 is 2.78 bits per heavy atom. The normalized spacial score (nSPS) is 19.9. The number of carbonyl (C=O) groups is 1. The highest BCUT2D eigenvalue weighted by Gasteiger charge is 2.26. The van der Waals surface area contributed by atoms with Crippen LogP contribution < -0.4 is 4.74 Å². The molecule has 1 aromatic carbocycles. The third kappa shape index (κ3) is 4.30. The van der Waals surface area contributed by atoms with E-state index in [4.69, 9.17) is 4.74 Å². The Hall–Kier alpha value is -1.46. The van der Waals surface area contributed by atoms with Gasteiger partial charge in [-0.25, -0.2) is 0 Å². The van der Waals surface area contributed by atoms with Crippen LogP contribution in [-0.4, -0.2) is 35.8 Å². The summed E-state index contributed by atoms with van der Waals surface area (Å²) in [5.74, 6) is 1.81. The SMILES string of the molecule is CC(Oc1ccccc1)C(=O)N1CCSC(c2cccs2)CC1. The van der Waals surface area contributed by atoms with Crippen molar-refractivity contribution in [3.05, 3.63) is 52.7 Å². The summed E-state index contributed by atoms with van der Waals surface area (Å²) < 4.78 is 5.77. The van der Waals surface area contributed by atoms with E-state index >= 15 is 0 Å². The number of ether oxygens (including phenoxy) is 1. The zero-order valence-electron chi connectivity index (χ0n) is 13.2. The van der Waals surface area contributed by atoms with E-state index in [9.17, 15) is 4.79 Å². The molecule has 2 heterocycles. The Labute approximate surface area is 145 Å². The summed E-state index contributed by atoms with van der Waals surface area (Å²) in [6.45, 7) is 3.44. The minimum atomic E-state index is -0.444. The fraction of sp³-hybridized carbons (Fsp3) is 0.389. The molecule has 3 nitrogen and oxygen atoms in total. The van der Waals surface area contributed by atoms with Crippen molar-refractivity contribution in [3.63, 3.8) is 0 Å². The van der Waals surface area contributed by atoms with Crippen LogP contribution in [0.5, 0.6) is 5.75 Å². The van der Waals surface area contributed by atoms with Crippen molar-refractivity contribution in [3.8, 4) is 5.75 Å². The molecule has 0 spiro atoms. The number of rotatable bonds is 4. The Bertz CT molecular complexity index is 615. The summed E-state index contributed by atoms with van der Waals surface area (Å²) in [7, 11) is 0. The molecule has 0 N–H and O–H groups in total. The largest absolute Gasteiger partial charge is 0.481 e. The third-order valence-electron chi connectivity index (χ3n) is 3.92. The molecule has 1 fully saturated rings. The molecule has 0 saturated carbocycles. The summed E-state index contributed by atoms with van der Waals surface area (Å²) in [6.07, 6.45) is 0.565. The van der Waals surface area contributed by atoms with E-state index in [1.165, 1.54) is 4.88 Å². The van der Waals surface area contributed by atoms with Gasteiger partial charge in [-0.3, -0.25) is 4.79 Å². The molecule has 1 saturated heterocycles. The predicted molar refractivity (Wildman–Crippen MR) is 97.2 cm³/mol. The lowest BCUT2D eigenvalue weighted by molar-refractivity contribution is -0.137. The molecule has 1 aliphatic heterocycles. The zero-order valence-corrected chi connectivity index (χ0v) is 14.8. The minimum absolute atomic E-state index is 0.0845. The molecule has 5 heteroatoms. The van der Waals surface area contributed by atoms with Gasteiger partial charge in [-0.15, -0.1) is 11.3 Å². The highest BCUT2D eigenvalue weighted by molar-refractivity contribution is 7.99. The van der Waals surface area contributed by atoms with Gasteiger partial charge in [-0.1, -0.05) is 24.3 Å². The smallest absolute Gasteiger partial charge is 0.263 e. The quantitative estimate of drug-likeness (QED) is 0.829. The summed E-state index contributed by atoms with van der Waals surface area (Å²) >= 11 is 3.76. The lowest BCUT2D eigenvalue weighted by Gasteiger charge is -2.24. The third-order valence-corrected chi connectivity index (χ3v) is 6.36. The molecule has 0 aliphatic carbocycles. The lowest BCUT2D eigenvalue weighted by Crippen LogP contribution is -2.41. The van der Waals surface area contributed by atoms with Crippen LogP contribution in [0, 0.1) is 0 Å². The second kappa shape index (κ2) is 7.88. The summed E-state index contributed by atoms with van der Waals surface area (Å²) in [4.78, 5) is 16.0. The number of thioether (sulfide) groups is 1. The Morgan fingerprint density at radius 2 is 2.04 bits per heavy atom. The van der Waals surface area contributed by atoms with E-state index in [1.807, 2.05) is 65.3 Å². The average molecular weight is 348 g/mol. The van der Waals surface area contributed by atoms with Crippen LogP contribution in [0.15, 0.2) is 47.8 Å². The second-order valence-electron chi connectivity index (χ2n) is 5.56. The molecule has 0 radical (unpaired) electrons. The van der Waals surface area contributed by atoms with Gasteiger partial charge in [0.15, 0.2) is 6.10 Å². The highest BCUT2D eigenvalue weighted by Crippen LogP contribution is 2.36. The van der Waals surface area contributed by atoms with Gasteiger partial charge >= 0.3 is 0 Å². The van der Waals surface area contributed by atoms with Crippen molar-refractivity contribution in [1.82, 2.24) is 4.90 Å². The van der Waals surface area contributed by atoms with E-state index in [-0.39, 0.29) is 5.91 Å². The Kier molecular flexibility index (Phi) is 5.62. The molecule has 2 aromatic rings. The van der Waals surface area contributed by atoms with Crippen LogP contribution in [0.3, 0.4) is 0 Å². The molecule has 1 aromatic heterocycles. The minimum Gasteiger partial charge on any atom is -0.481 e. The van der Waals surface area contributed by atoms with Gasteiger partial charge in [0.2, 0.25) is 0 Å². The van der Waals surface area contributed by atoms with E-state index in [0.29, 0.717) is 5.25 Å². The fourth-order valence-electron chi connectivity index (χ4n) is 2.70. The van der Waals surface area contributed by atoms with Crippen LogP contribution in [0.1, 0.15) is 23.5 Å². The van der Waals surface area contributed by atoms with Gasteiger partial charge in [0.25, 0.3) is 5.91 Å². The van der Waals surface area contributed by atoms with Gasteiger partial charge < -0.3 is 9.64 Å². The first kappa shape index (κ1) is 16.4. The van der Waals surface area contributed by atoms with Crippen LogP contribution >= 0.6 is 23.1 Å². The van der Waals surface area contributed by atoms with Crippen LogP contribution in [0.2, 0.25) is 0 Å². The monoisotopic (exact) mass is 347 g/mol. The van der Waals surface area contributed by atoms with Crippen molar-refractivity contribution < 1.29 is 9.53 Å². The van der Waals surface area contributed by atoms with Crippen LogP contribution in [0.25, 0.3) is 0 Å². The van der Waals surface area contributed by atoms with Gasteiger partial charge in [-0.05, 0) is 36.9 Å². The van der Waals surface area contributed by atoms with E-state index in [0.717, 1.165) is 31.0 Å².